The molecule has 0 aliphatic carbocycles. The smallest absolute Gasteiger partial charge is 0.323 e. The Hall–Kier alpha value is -2.12. The molecule has 136 valence electrons. The van der Waals surface area contributed by atoms with Gasteiger partial charge in [0.25, 0.3) is 5.91 Å². The molecule has 2 aromatic rings. The molecule has 0 spiro atoms. The third-order valence-electron chi connectivity index (χ3n) is 4.87. The molecule has 1 unspecified atom stereocenters. The monoisotopic (exact) mass is 345 g/mol. The summed E-state index contributed by atoms with van der Waals surface area (Å²) in [5.41, 5.74) is 1.66. The van der Waals surface area contributed by atoms with Crippen LogP contribution in [0.1, 0.15) is 24.2 Å². The molecule has 1 atom stereocenters. The highest BCUT2D eigenvalue weighted by Crippen LogP contribution is 2.10. The fraction of sp³-hybridized carbons (Fsp3) is 0.556. The predicted octanol–water partition coefficient (Wildman–Crippen LogP) is 0.860. The number of hydrogen-bond donors (Lipinski definition) is 3. The summed E-state index contributed by atoms with van der Waals surface area (Å²) in [7, 11) is 0. The van der Waals surface area contributed by atoms with Gasteiger partial charge in [0.1, 0.15) is 0 Å². The summed E-state index contributed by atoms with van der Waals surface area (Å²) >= 11 is 0. The van der Waals surface area contributed by atoms with Gasteiger partial charge in [0, 0.05) is 44.8 Å². The molecule has 1 aromatic carbocycles. The molecule has 0 saturated carbocycles. The number of carbonyl (C=O) groups excluding carboxylic acids is 1. The highest BCUT2D eigenvalue weighted by Gasteiger charge is 2.18. The SMILES string of the molecule is CCN1CCN(CC(C)CNC(=O)c2ccc3[nH]c(=O)[nH]c3c2)CC1. The molecule has 3 rings (SSSR count). The lowest BCUT2D eigenvalue weighted by atomic mass is 10.1. The number of hydrogen-bond acceptors (Lipinski definition) is 4. The predicted molar refractivity (Wildman–Crippen MR) is 99.0 cm³/mol. The number of fused-ring (bicyclic) bond motifs is 1. The number of rotatable bonds is 6. The van der Waals surface area contributed by atoms with Crippen molar-refractivity contribution in [1.82, 2.24) is 25.1 Å². The van der Waals surface area contributed by atoms with E-state index in [1.54, 1.807) is 18.2 Å². The molecule has 7 nitrogen and oxygen atoms in total. The normalized spacial score (nSPS) is 17.7. The quantitative estimate of drug-likeness (QED) is 0.725. The third-order valence-corrected chi connectivity index (χ3v) is 4.87. The van der Waals surface area contributed by atoms with E-state index in [4.69, 9.17) is 0 Å². The largest absolute Gasteiger partial charge is 0.352 e. The Bertz CT molecular complexity index is 773. The lowest BCUT2D eigenvalue weighted by molar-refractivity contribution is 0.0934. The molecule has 1 fully saturated rings. The highest BCUT2D eigenvalue weighted by molar-refractivity contribution is 5.97. The molecule has 1 aliphatic heterocycles. The van der Waals surface area contributed by atoms with Crippen molar-refractivity contribution in [3.05, 3.63) is 34.2 Å². The molecule has 1 aliphatic rings. The van der Waals surface area contributed by atoms with Gasteiger partial charge in [0.05, 0.1) is 11.0 Å². The van der Waals surface area contributed by atoms with E-state index in [0.29, 0.717) is 29.1 Å². The number of amides is 1. The van der Waals surface area contributed by atoms with E-state index in [2.05, 4.69) is 38.9 Å². The average molecular weight is 345 g/mol. The Labute approximate surface area is 147 Å². The zero-order valence-corrected chi connectivity index (χ0v) is 15.0. The van der Waals surface area contributed by atoms with Crippen LogP contribution in [0.25, 0.3) is 11.0 Å². The van der Waals surface area contributed by atoms with E-state index in [1.165, 1.54) is 0 Å². The van der Waals surface area contributed by atoms with Crippen LogP contribution in [0.2, 0.25) is 0 Å². The summed E-state index contributed by atoms with van der Waals surface area (Å²) in [5.74, 6) is 0.291. The van der Waals surface area contributed by atoms with Crippen LogP contribution >= 0.6 is 0 Å². The topological polar surface area (TPSA) is 84.2 Å². The molecule has 3 N–H and O–H groups in total. The number of nitrogens with one attached hydrogen (secondary N) is 3. The molecule has 0 bridgehead atoms. The molecular weight excluding hydrogens is 318 g/mol. The number of likely N-dealkylation sites (N-methyl/N-ethyl adjacent to an activating group) is 1. The van der Waals surface area contributed by atoms with Crippen molar-refractivity contribution in [2.45, 2.75) is 13.8 Å². The van der Waals surface area contributed by atoms with E-state index >= 15 is 0 Å². The maximum absolute atomic E-state index is 12.3. The van der Waals surface area contributed by atoms with Gasteiger partial charge in [-0.3, -0.25) is 4.79 Å². The summed E-state index contributed by atoms with van der Waals surface area (Å²) in [6, 6.07) is 5.19. The summed E-state index contributed by atoms with van der Waals surface area (Å²) in [6.07, 6.45) is 0. The number of nitrogens with zero attached hydrogens (tertiary/aromatic N) is 2. The van der Waals surface area contributed by atoms with Crippen molar-refractivity contribution in [3.8, 4) is 0 Å². The van der Waals surface area contributed by atoms with Gasteiger partial charge in [-0.15, -0.1) is 0 Å². The third kappa shape index (κ3) is 4.49. The number of benzene rings is 1. The molecular formula is C18H27N5O2. The lowest BCUT2D eigenvalue weighted by Crippen LogP contribution is -2.48. The second-order valence-corrected chi connectivity index (χ2v) is 6.89. The van der Waals surface area contributed by atoms with Crippen molar-refractivity contribution in [3.63, 3.8) is 0 Å². The van der Waals surface area contributed by atoms with E-state index in [9.17, 15) is 9.59 Å². The number of aromatic nitrogens is 2. The molecule has 1 amide bonds. The minimum atomic E-state index is -0.260. The van der Waals surface area contributed by atoms with Gasteiger partial charge in [-0.2, -0.15) is 0 Å². The number of H-pyrrole nitrogens is 2. The first-order valence-corrected chi connectivity index (χ1v) is 9.00. The number of aromatic amines is 2. The zero-order valence-electron chi connectivity index (χ0n) is 15.0. The minimum absolute atomic E-state index is 0.105. The number of piperazine rings is 1. The molecule has 1 aromatic heterocycles. The Kier molecular flexibility index (Phi) is 5.55. The van der Waals surface area contributed by atoms with Crippen LogP contribution in [0.5, 0.6) is 0 Å². The van der Waals surface area contributed by atoms with E-state index in [0.717, 1.165) is 39.3 Å². The first-order chi connectivity index (χ1) is 12.0. The highest BCUT2D eigenvalue weighted by atomic mass is 16.2. The Morgan fingerprint density at radius 2 is 1.84 bits per heavy atom. The van der Waals surface area contributed by atoms with Crippen LogP contribution < -0.4 is 11.0 Å². The standard InChI is InChI=1S/C18H27N5O2/c1-3-22-6-8-23(9-7-22)12-13(2)11-19-17(24)14-4-5-15-16(10-14)21-18(25)20-15/h4-5,10,13H,3,6-9,11-12H2,1-2H3,(H,19,24)(H2,20,21,25). The van der Waals surface area contributed by atoms with Gasteiger partial charge in [-0.1, -0.05) is 13.8 Å². The Morgan fingerprint density at radius 1 is 1.16 bits per heavy atom. The Balaban J connectivity index is 1.48. The number of imidazole rings is 1. The summed E-state index contributed by atoms with van der Waals surface area (Å²) in [6.45, 7) is 11.6. The van der Waals surface area contributed by atoms with Gasteiger partial charge in [-0.25, -0.2) is 4.79 Å². The van der Waals surface area contributed by atoms with Crippen LogP contribution in [0, 0.1) is 5.92 Å². The van der Waals surface area contributed by atoms with Crippen molar-refractivity contribution in [2.75, 3.05) is 45.8 Å². The van der Waals surface area contributed by atoms with Gasteiger partial charge in [-0.05, 0) is 30.7 Å². The second-order valence-electron chi connectivity index (χ2n) is 6.89. The molecule has 25 heavy (non-hydrogen) atoms. The molecule has 0 radical (unpaired) electrons. The van der Waals surface area contributed by atoms with Crippen LogP contribution in [0.4, 0.5) is 0 Å². The van der Waals surface area contributed by atoms with Gasteiger partial charge in [0.2, 0.25) is 0 Å². The van der Waals surface area contributed by atoms with Crippen molar-refractivity contribution in [2.24, 2.45) is 5.92 Å². The van der Waals surface area contributed by atoms with E-state index in [1.807, 2.05) is 0 Å². The van der Waals surface area contributed by atoms with Crippen LogP contribution in [-0.2, 0) is 0 Å². The van der Waals surface area contributed by atoms with Crippen LogP contribution in [0.3, 0.4) is 0 Å². The first-order valence-electron chi connectivity index (χ1n) is 9.00. The number of carbonyl (C=O) groups is 1. The summed E-state index contributed by atoms with van der Waals surface area (Å²) in [5, 5.41) is 3.00. The van der Waals surface area contributed by atoms with Crippen molar-refractivity contribution >= 4 is 16.9 Å². The van der Waals surface area contributed by atoms with Gasteiger partial charge in [0.15, 0.2) is 0 Å². The summed E-state index contributed by atoms with van der Waals surface area (Å²) < 4.78 is 0. The van der Waals surface area contributed by atoms with Gasteiger partial charge >= 0.3 is 5.69 Å². The fourth-order valence-corrected chi connectivity index (χ4v) is 3.34. The first kappa shape index (κ1) is 17.7. The maximum atomic E-state index is 12.3. The maximum Gasteiger partial charge on any atom is 0.323 e. The van der Waals surface area contributed by atoms with E-state index in [-0.39, 0.29) is 11.6 Å². The van der Waals surface area contributed by atoms with Crippen molar-refractivity contribution in [1.29, 1.82) is 0 Å². The zero-order chi connectivity index (χ0) is 17.8. The molecule has 7 heteroatoms. The van der Waals surface area contributed by atoms with E-state index < -0.39 is 0 Å². The molecule has 2 heterocycles. The van der Waals surface area contributed by atoms with Gasteiger partial charge < -0.3 is 25.1 Å². The average Bonchev–Trinajstić information content (AvgIpc) is 2.99. The Morgan fingerprint density at radius 3 is 2.56 bits per heavy atom. The molecule has 1 saturated heterocycles. The van der Waals surface area contributed by atoms with Crippen molar-refractivity contribution < 1.29 is 4.79 Å². The van der Waals surface area contributed by atoms with Crippen LogP contribution in [0.15, 0.2) is 23.0 Å². The second kappa shape index (κ2) is 7.84. The summed E-state index contributed by atoms with van der Waals surface area (Å²) in [4.78, 5) is 33.9. The minimum Gasteiger partial charge on any atom is -0.352 e. The fourth-order valence-electron chi connectivity index (χ4n) is 3.34. The lowest BCUT2D eigenvalue weighted by Gasteiger charge is -2.35. The van der Waals surface area contributed by atoms with Crippen LogP contribution in [-0.4, -0.2) is 71.5 Å².